The van der Waals surface area contributed by atoms with Gasteiger partial charge in [-0.25, -0.2) is 0 Å². The highest BCUT2D eigenvalue weighted by Crippen LogP contribution is 2.31. The summed E-state index contributed by atoms with van der Waals surface area (Å²) in [4.78, 5) is 12.1. The van der Waals surface area contributed by atoms with Gasteiger partial charge < -0.3 is 5.32 Å². The monoisotopic (exact) mass is 303 g/mol. The molecule has 0 aliphatic heterocycles. The standard InChI is InChI=1S/C14H20F3N3O/c1-20-12(14(15,16)17)11(9-18-20)13(21)19-10-7-5-3-2-4-6-8-10/h9-10H,2-8H2,1H3,(H,19,21). The second kappa shape index (κ2) is 6.49. The Morgan fingerprint density at radius 3 is 2.38 bits per heavy atom. The maximum atomic E-state index is 13.0. The lowest BCUT2D eigenvalue weighted by atomic mass is 9.96. The quantitative estimate of drug-likeness (QED) is 0.911. The topological polar surface area (TPSA) is 46.9 Å². The molecule has 0 saturated heterocycles. The normalized spacial score (nSPS) is 18.1. The zero-order chi connectivity index (χ0) is 15.5. The maximum Gasteiger partial charge on any atom is 0.433 e. The third-order valence-corrected chi connectivity index (χ3v) is 3.89. The summed E-state index contributed by atoms with van der Waals surface area (Å²) in [6.07, 6.45) is 3.50. The minimum atomic E-state index is -4.58. The zero-order valence-electron chi connectivity index (χ0n) is 12.0. The number of carbonyl (C=O) groups is 1. The fourth-order valence-corrected chi connectivity index (χ4v) is 2.80. The zero-order valence-corrected chi connectivity index (χ0v) is 12.0. The van der Waals surface area contributed by atoms with Crippen LogP contribution in [0.25, 0.3) is 0 Å². The molecule has 118 valence electrons. The fourth-order valence-electron chi connectivity index (χ4n) is 2.80. The Kier molecular flexibility index (Phi) is 4.90. The van der Waals surface area contributed by atoms with E-state index in [-0.39, 0.29) is 6.04 Å². The second-order valence-electron chi connectivity index (χ2n) is 5.54. The van der Waals surface area contributed by atoms with Gasteiger partial charge in [0.2, 0.25) is 0 Å². The molecule has 7 heteroatoms. The highest BCUT2D eigenvalue weighted by atomic mass is 19.4. The van der Waals surface area contributed by atoms with Crippen LogP contribution in [0.15, 0.2) is 6.20 Å². The smallest absolute Gasteiger partial charge is 0.349 e. The van der Waals surface area contributed by atoms with E-state index in [0.29, 0.717) is 4.68 Å². The lowest BCUT2D eigenvalue weighted by molar-refractivity contribution is -0.144. The Morgan fingerprint density at radius 2 is 1.81 bits per heavy atom. The van der Waals surface area contributed by atoms with E-state index in [2.05, 4.69) is 10.4 Å². The van der Waals surface area contributed by atoms with Gasteiger partial charge in [0.1, 0.15) is 0 Å². The summed E-state index contributed by atoms with van der Waals surface area (Å²) in [5.74, 6) is -0.680. The van der Waals surface area contributed by atoms with Crippen molar-refractivity contribution < 1.29 is 18.0 Å². The van der Waals surface area contributed by atoms with E-state index in [9.17, 15) is 18.0 Å². The first-order chi connectivity index (χ1) is 9.89. The van der Waals surface area contributed by atoms with Crippen molar-refractivity contribution in [2.45, 2.75) is 57.2 Å². The van der Waals surface area contributed by atoms with E-state index in [1.807, 2.05) is 0 Å². The number of aryl methyl sites for hydroxylation is 1. The van der Waals surface area contributed by atoms with Crippen molar-refractivity contribution in [3.63, 3.8) is 0 Å². The summed E-state index contributed by atoms with van der Waals surface area (Å²) in [5.41, 5.74) is -1.39. The molecule has 1 aromatic rings. The first kappa shape index (κ1) is 15.9. The predicted molar refractivity (Wildman–Crippen MR) is 71.8 cm³/mol. The predicted octanol–water partition coefficient (Wildman–Crippen LogP) is 3.28. The number of nitrogens with one attached hydrogen (secondary N) is 1. The van der Waals surface area contributed by atoms with Crippen LogP contribution in [0.5, 0.6) is 0 Å². The van der Waals surface area contributed by atoms with E-state index >= 15 is 0 Å². The van der Waals surface area contributed by atoms with Crippen LogP contribution in [0.4, 0.5) is 13.2 Å². The van der Waals surface area contributed by atoms with Gasteiger partial charge in [0, 0.05) is 13.1 Å². The van der Waals surface area contributed by atoms with E-state index in [1.165, 1.54) is 13.5 Å². The molecule has 0 bridgehead atoms. The van der Waals surface area contributed by atoms with Gasteiger partial charge in [-0.3, -0.25) is 9.48 Å². The number of halogens is 3. The van der Waals surface area contributed by atoms with Crippen molar-refractivity contribution in [3.8, 4) is 0 Å². The molecule has 1 aliphatic rings. The minimum absolute atomic E-state index is 0.0425. The molecule has 0 atom stereocenters. The van der Waals surface area contributed by atoms with Gasteiger partial charge in [-0.1, -0.05) is 32.1 Å². The molecule has 0 unspecified atom stereocenters. The first-order valence-electron chi connectivity index (χ1n) is 7.29. The maximum absolute atomic E-state index is 13.0. The Bertz CT molecular complexity index is 488. The number of amides is 1. The summed E-state index contributed by atoms with van der Waals surface area (Å²) in [7, 11) is 1.19. The van der Waals surface area contributed by atoms with Crippen molar-refractivity contribution >= 4 is 5.91 Å². The summed E-state index contributed by atoms with van der Waals surface area (Å²) < 4.78 is 39.6. The number of rotatable bonds is 2. The van der Waals surface area contributed by atoms with Crippen LogP contribution in [-0.2, 0) is 13.2 Å². The van der Waals surface area contributed by atoms with Gasteiger partial charge in [0.05, 0.1) is 11.8 Å². The molecule has 1 aromatic heterocycles. The van der Waals surface area contributed by atoms with E-state index < -0.39 is 23.3 Å². The van der Waals surface area contributed by atoms with Gasteiger partial charge in [0.15, 0.2) is 5.69 Å². The van der Waals surface area contributed by atoms with Gasteiger partial charge >= 0.3 is 6.18 Å². The summed E-state index contributed by atoms with van der Waals surface area (Å²) in [5, 5.41) is 6.30. The molecule has 1 N–H and O–H groups in total. The van der Waals surface area contributed by atoms with Crippen LogP contribution in [0.3, 0.4) is 0 Å². The summed E-state index contributed by atoms with van der Waals surface area (Å²) in [6.45, 7) is 0. The van der Waals surface area contributed by atoms with Crippen LogP contribution in [-0.4, -0.2) is 21.7 Å². The first-order valence-corrected chi connectivity index (χ1v) is 7.29. The molecular formula is C14H20F3N3O. The average molecular weight is 303 g/mol. The van der Waals surface area contributed by atoms with Crippen LogP contribution in [0.2, 0.25) is 0 Å². The number of carbonyl (C=O) groups excluding carboxylic acids is 1. The third kappa shape index (κ3) is 3.98. The van der Waals surface area contributed by atoms with Gasteiger partial charge in [0.25, 0.3) is 5.91 Å². The highest BCUT2D eigenvalue weighted by molar-refractivity contribution is 5.95. The molecule has 1 aliphatic carbocycles. The van der Waals surface area contributed by atoms with Crippen LogP contribution < -0.4 is 5.32 Å². The molecule has 21 heavy (non-hydrogen) atoms. The number of nitrogens with zero attached hydrogens (tertiary/aromatic N) is 2. The minimum Gasteiger partial charge on any atom is -0.349 e. The average Bonchev–Trinajstić information content (AvgIpc) is 2.74. The Balaban J connectivity index is 2.09. The lowest BCUT2D eigenvalue weighted by Gasteiger charge is -2.21. The van der Waals surface area contributed by atoms with Crippen molar-refractivity contribution in [1.29, 1.82) is 0 Å². The molecule has 0 radical (unpaired) electrons. The van der Waals surface area contributed by atoms with E-state index in [0.717, 1.165) is 44.7 Å². The van der Waals surface area contributed by atoms with Crippen molar-refractivity contribution in [3.05, 3.63) is 17.5 Å². The van der Waals surface area contributed by atoms with Crippen LogP contribution in [0.1, 0.15) is 61.0 Å². The number of hydrogen-bond acceptors (Lipinski definition) is 2. The van der Waals surface area contributed by atoms with Gasteiger partial charge in [-0.15, -0.1) is 0 Å². The van der Waals surface area contributed by atoms with Crippen molar-refractivity contribution in [2.24, 2.45) is 7.05 Å². The number of aromatic nitrogens is 2. The van der Waals surface area contributed by atoms with E-state index in [1.54, 1.807) is 0 Å². The molecule has 1 saturated carbocycles. The summed E-state index contributed by atoms with van der Waals surface area (Å²) in [6, 6.07) is -0.0425. The van der Waals surface area contributed by atoms with E-state index in [4.69, 9.17) is 0 Å². The molecule has 2 rings (SSSR count). The summed E-state index contributed by atoms with van der Waals surface area (Å²) >= 11 is 0. The lowest BCUT2D eigenvalue weighted by Crippen LogP contribution is -2.36. The van der Waals surface area contributed by atoms with Crippen LogP contribution >= 0.6 is 0 Å². The largest absolute Gasteiger partial charge is 0.433 e. The molecule has 0 spiro atoms. The molecule has 1 amide bonds. The molecule has 1 heterocycles. The SMILES string of the molecule is Cn1ncc(C(=O)NC2CCCCCCC2)c1C(F)(F)F. The molecule has 0 aromatic carbocycles. The highest BCUT2D eigenvalue weighted by Gasteiger charge is 2.39. The Morgan fingerprint density at radius 1 is 1.24 bits per heavy atom. The van der Waals surface area contributed by atoms with Crippen molar-refractivity contribution in [2.75, 3.05) is 0 Å². The Hall–Kier alpha value is -1.53. The number of hydrogen-bond donors (Lipinski definition) is 1. The Labute approximate surface area is 121 Å². The number of alkyl halides is 3. The van der Waals surface area contributed by atoms with Gasteiger partial charge in [-0.2, -0.15) is 18.3 Å². The fraction of sp³-hybridized carbons (Fsp3) is 0.714. The molecular weight excluding hydrogens is 283 g/mol. The van der Waals surface area contributed by atoms with Crippen LogP contribution in [0, 0.1) is 0 Å². The van der Waals surface area contributed by atoms with Crippen molar-refractivity contribution in [1.82, 2.24) is 15.1 Å². The second-order valence-corrected chi connectivity index (χ2v) is 5.54. The molecule has 4 nitrogen and oxygen atoms in total. The molecule has 1 fully saturated rings. The van der Waals surface area contributed by atoms with Gasteiger partial charge in [-0.05, 0) is 12.8 Å². The third-order valence-electron chi connectivity index (χ3n) is 3.89.